The van der Waals surface area contributed by atoms with Crippen LogP contribution in [0.25, 0.3) is 11.1 Å². The largest absolute Gasteiger partial charge is 0.442 e. The lowest BCUT2D eigenvalue weighted by Gasteiger charge is -2.30. The van der Waals surface area contributed by atoms with E-state index >= 15 is 0 Å². The SMILES string of the molecule is Cc1oc2ncnc(NC3(C)CC3)c2c1C(=O)N(I)C1(C(F)(F)P)CC1. The van der Waals surface area contributed by atoms with Crippen LogP contribution < -0.4 is 5.32 Å². The van der Waals surface area contributed by atoms with Crippen LogP contribution in [0, 0.1) is 6.92 Å². The Morgan fingerprint density at radius 3 is 2.58 bits per heavy atom. The molecule has 2 heterocycles. The Morgan fingerprint density at radius 1 is 1.38 bits per heavy atom. The first kappa shape index (κ1) is 18.3. The zero-order valence-electron chi connectivity index (χ0n) is 14.3. The fraction of sp³-hybridized carbons (Fsp3) is 0.562. The quantitative estimate of drug-likeness (QED) is 0.382. The maximum atomic E-state index is 14.0. The summed E-state index contributed by atoms with van der Waals surface area (Å²) in [6.45, 7) is 3.70. The van der Waals surface area contributed by atoms with Gasteiger partial charge >= 0.3 is 0 Å². The molecule has 2 saturated carbocycles. The number of carbonyl (C=O) groups excluding carboxylic acids is 1. The number of nitrogens with one attached hydrogen (secondary N) is 1. The highest BCUT2D eigenvalue weighted by atomic mass is 127. The number of furan rings is 1. The third kappa shape index (κ3) is 2.78. The topological polar surface area (TPSA) is 71.3 Å². The number of hydrogen-bond donors (Lipinski definition) is 1. The van der Waals surface area contributed by atoms with Gasteiger partial charge in [0, 0.05) is 5.54 Å². The van der Waals surface area contributed by atoms with Crippen molar-refractivity contribution in [1.29, 1.82) is 0 Å². The summed E-state index contributed by atoms with van der Waals surface area (Å²) >= 11 is 1.69. The fourth-order valence-electron chi connectivity index (χ4n) is 3.07. The molecule has 0 spiro atoms. The van der Waals surface area contributed by atoms with E-state index in [-0.39, 0.29) is 29.7 Å². The Hall–Kier alpha value is -1.09. The van der Waals surface area contributed by atoms with Gasteiger partial charge in [-0.25, -0.2) is 9.97 Å². The average Bonchev–Trinajstić information content (AvgIpc) is 3.45. The summed E-state index contributed by atoms with van der Waals surface area (Å²) in [5, 5.41) is 3.78. The first-order valence-corrected chi connectivity index (χ1v) is 9.82. The van der Waals surface area contributed by atoms with Gasteiger partial charge in [-0.2, -0.15) is 8.78 Å². The van der Waals surface area contributed by atoms with E-state index in [2.05, 4.69) is 22.2 Å². The number of carbonyl (C=O) groups is 1. The van der Waals surface area contributed by atoms with Crippen molar-refractivity contribution in [3.05, 3.63) is 17.7 Å². The molecular weight excluding hydrogens is 476 g/mol. The molecule has 0 saturated heterocycles. The minimum absolute atomic E-state index is 0.0679. The lowest BCUT2D eigenvalue weighted by atomic mass is 10.1. The van der Waals surface area contributed by atoms with E-state index in [9.17, 15) is 13.6 Å². The fourth-order valence-corrected chi connectivity index (χ4v) is 4.79. The van der Waals surface area contributed by atoms with Crippen molar-refractivity contribution >= 4 is 54.9 Å². The van der Waals surface area contributed by atoms with Gasteiger partial charge in [0.1, 0.15) is 23.4 Å². The van der Waals surface area contributed by atoms with E-state index in [1.807, 2.05) is 0 Å². The predicted molar refractivity (Wildman–Crippen MR) is 105 cm³/mol. The maximum absolute atomic E-state index is 14.0. The van der Waals surface area contributed by atoms with Gasteiger partial charge in [0.15, 0.2) is 0 Å². The van der Waals surface area contributed by atoms with Crippen LogP contribution in [0.3, 0.4) is 0 Å². The summed E-state index contributed by atoms with van der Waals surface area (Å²) in [6.07, 6.45) is 3.88. The average molecular weight is 494 g/mol. The molecular formula is C16H18F2IN4O2P. The number of nitrogens with zero attached hydrogens (tertiary/aromatic N) is 3. The first-order chi connectivity index (χ1) is 12.1. The molecule has 2 aromatic rings. The summed E-state index contributed by atoms with van der Waals surface area (Å²) in [5.41, 5.74) is -4.09. The third-order valence-electron chi connectivity index (χ3n) is 5.20. The number of amides is 1. The minimum atomic E-state index is -3.06. The molecule has 2 fully saturated rings. The zero-order valence-corrected chi connectivity index (χ0v) is 17.6. The second-order valence-electron chi connectivity index (χ2n) is 7.36. The third-order valence-corrected chi connectivity index (χ3v) is 7.10. The van der Waals surface area contributed by atoms with Crippen LogP contribution in [0.5, 0.6) is 0 Å². The number of halogens is 3. The monoisotopic (exact) mass is 494 g/mol. The molecule has 2 aliphatic carbocycles. The van der Waals surface area contributed by atoms with E-state index in [1.54, 1.807) is 39.0 Å². The van der Waals surface area contributed by atoms with Gasteiger partial charge < -0.3 is 9.73 Å². The highest BCUT2D eigenvalue weighted by molar-refractivity contribution is 14.1. The molecule has 0 radical (unpaired) electrons. The number of rotatable bonds is 5. The Labute approximate surface area is 165 Å². The molecule has 6 nitrogen and oxygen atoms in total. The van der Waals surface area contributed by atoms with Crippen molar-refractivity contribution < 1.29 is 18.0 Å². The first-order valence-electron chi connectivity index (χ1n) is 8.27. The summed E-state index contributed by atoms with van der Waals surface area (Å²) in [6, 6.07) is 0. The molecule has 140 valence electrons. The second kappa shape index (κ2) is 5.70. The van der Waals surface area contributed by atoms with Crippen molar-refractivity contribution in [1.82, 2.24) is 13.1 Å². The number of anilines is 1. The van der Waals surface area contributed by atoms with E-state index in [0.29, 0.717) is 17.0 Å². The number of alkyl halides is 2. The van der Waals surface area contributed by atoms with Crippen LogP contribution in [0.2, 0.25) is 0 Å². The maximum Gasteiger partial charge on any atom is 0.282 e. The number of aromatic nitrogens is 2. The van der Waals surface area contributed by atoms with Crippen LogP contribution in [-0.4, -0.2) is 35.7 Å². The van der Waals surface area contributed by atoms with Crippen molar-refractivity contribution in [2.45, 2.75) is 56.3 Å². The zero-order chi connectivity index (χ0) is 18.9. The molecule has 0 aromatic carbocycles. The van der Waals surface area contributed by atoms with E-state index in [1.165, 1.54) is 6.33 Å². The second-order valence-corrected chi connectivity index (χ2v) is 9.05. The number of fused-ring (bicyclic) bond motifs is 1. The molecule has 1 atom stereocenters. The number of aryl methyl sites for hydroxylation is 1. The summed E-state index contributed by atoms with van der Waals surface area (Å²) in [7, 11) is 1.56. The Balaban J connectivity index is 1.79. The van der Waals surface area contributed by atoms with Crippen molar-refractivity contribution in [3.8, 4) is 0 Å². The van der Waals surface area contributed by atoms with Crippen LogP contribution in [0.15, 0.2) is 10.7 Å². The van der Waals surface area contributed by atoms with Gasteiger partial charge in [-0.3, -0.25) is 7.91 Å². The Bertz CT molecular complexity index is 906. The van der Waals surface area contributed by atoms with Gasteiger partial charge in [0.05, 0.1) is 33.8 Å². The van der Waals surface area contributed by atoms with Crippen molar-refractivity contribution in [2.75, 3.05) is 5.32 Å². The van der Waals surface area contributed by atoms with Crippen molar-refractivity contribution in [3.63, 3.8) is 0 Å². The molecule has 2 aromatic heterocycles. The van der Waals surface area contributed by atoms with E-state index < -0.39 is 17.1 Å². The van der Waals surface area contributed by atoms with Crippen LogP contribution in [-0.2, 0) is 0 Å². The summed E-state index contributed by atoms with van der Waals surface area (Å²) in [5.74, 6) is 0.335. The molecule has 10 heteroatoms. The molecule has 4 rings (SSSR count). The van der Waals surface area contributed by atoms with E-state index in [0.717, 1.165) is 16.0 Å². The van der Waals surface area contributed by atoms with Crippen LogP contribution >= 0.6 is 32.1 Å². The highest BCUT2D eigenvalue weighted by Crippen LogP contribution is 2.57. The Kier molecular flexibility index (Phi) is 4.01. The number of hydrogen-bond acceptors (Lipinski definition) is 5. The lowest BCUT2D eigenvalue weighted by Crippen LogP contribution is -2.44. The molecule has 0 bridgehead atoms. The molecule has 0 aliphatic heterocycles. The van der Waals surface area contributed by atoms with Gasteiger partial charge in [-0.15, -0.1) is 0 Å². The van der Waals surface area contributed by atoms with Crippen LogP contribution in [0.1, 0.15) is 48.7 Å². The smallest absolute Gasteiger partial charge is 0.282 e. The van der Waals surface area contributed by atoms with Gasteiger partial charge in [-0.05, 0) is 39.5 Å². The van der Waals surface area contributed by atoms with Crippen molar-refractivity contribution in [2.24, 2.45) is 0 Å². The normalized spacial score (nSPS) is 20.1. The standard InChI is InChI=1S/C16H18F2IN4O2P/c1-8-9(13(24)23(19)15(5-6-15)16(17,18)26)10-11(22-14(2)3-4-14)20-7-21-12(10)25-8/h7H,3-6,26H2,1-2H3,(H,20,21,22). The molecule has 2 aliphatic rings. The Morgan fingerprint density at radius 2 is 2.04 bits per heavy atom. The van der Waals surface area contributed by atoms with Gasteiger partial charge in [-0.1, -0.05) is 9.24 Å². The van der Waals surface area contributed by atoms with Gasteiger partial charge in [0.2, 0.25) is 5.71 Å². The molecule has 1 amide bonds. The van der Waals surface area contributed by atoms with Gasteiger partial charge in [0.25, 0.3) is 11.6 Å². The molecule has 1 unspecified atom stereocenters. The summed E-state index contributed by atoms with van der Waals surface area (Å²) < 4.78 is 34.8. The summed E-state index contributed by atoms with van der Waals surface area (Å²) in [4.78, 5) is 21.5. The molecule has 1 N–H and O–H groups in total. The van der Waals surface area contributed by atoms with Crippen LogP contribution in [0.4, 0.5) is 14.6 Å². The highest BCUT2D eigenvalue weighted by Gasteiger charge is 2.64. The van der Waals surface area contributed by atoms with E-state index in [4.69, 9.17) is 4.42 Å². The minimum Gasteiger partial charge on any atom is -0.442 e. The lowest BCUT2D eigenvalue weighted by molar-refractivity contribution is 0.0191. The molecule has 26 heavy (non-hydrogen) atoms. The predicted octanol–water partition coefficient (Wildman–Crippen LogP) is 4.29.